The SMILES string of the molecule is O=C(O)CCN1CC/C=C/C(O)[C@@H]2CC[C@H]2CN2C[C@@]3(CCCc4cc(Cl)ccc43)COc3ccc(cc32)C(=O)NS1(=O)=O. The van der Waals surface area contributed by atoms with Crippen molar-refractivity contribution in [2.24, 2.45) is 11.8 Å². The summed E-state index contributed by atoms with van der Waals surface area (Å²) < 4.78 is 36.1. The number of hydrogen-bond donors (Lipinski definition) is 3. The van der Waals surface area contributed by atoms with Crippen molar-refractivity contribution in [1.29, 1.82) is 0 Å². The molecule has 1 spiro atoms. The number of hydrogen-bond acceptors (Lipinski definition) is 7. The van der Waals surface area contributed by atoms with Gasteiger partial charge in [-0.15, -0.1) is 0 Å². The number of aliphatic hydroxyl groups is 1. The van der Waals surface area contributed by atoms with Crippen molar-refractivity contribution in [2.75, 3.05) is 37.7 Å². The van der Waals surface area contributed by atoms with Gasteiger partial charge < -0.3 is 19.8 Å². The Morgan fingerprint density at radius 2 is 2.02 bits per heavy atom. The first-order valence-corrected chi connectivity index (χ1v) is 17.1. The number of aliphatic carboxylic acids is 1. The van der Waals surface area contributed by atoms with Crippen molar-refractivity contribution in [3.8, 4) is 5.75 Å². The van der Waals surface area contributed by atoms with Crippen molar-refractivity contribution in [3.05, 3.63) is 70.3 Å². The number of carboxylic acids is 1. The maximum atomic E-state index is 13.4. The molecular weight excluding hydrogens is 606 g/mol. The molecule has 12 heteroatoms. The lowest BCUT2D eigenvalue weighted by Gasteiger charge is -2.45. The summed E-state index contributed by atoms with van der Waals surface area (Å²) in [4.78, 5) is 26.9. The highest BCUT2D eigenvalue weighted by Gasteiger charge is 2.44. The monoisotopic (exact) mass is 643 g/mol. The smallest absolute Gasteiger partial charge is 0.304 e. The Labute approximate surface area is 262 Å². The zero-order chi connectivity index (χ0) is 31.1. The van der Waals surface area contributed by atoms with Gasteiger partial charge in [-0.25, -0.2) is 4.72 Å². The van der Waals surface area contributed by atoms with Gasteiger partial charge in [0.2, 0.25) is 0 Å². The number of carbonyl (C=O) groups is 2. The standard InChI is InChI=1S/C32H38ClN3O7S/c33-24-8-10-26-21(16-24)4-3-13-32(26)19-35-18-23-6-9-25(23)28(37)5-1-2-14-36(15-12-30(38)39)44(41,42)34-31(40)22-7-11-29(43-20-32)27(35)17-22/h1,5,7-8,10-11,16-17,23,25,28,37H,2-4,6,9,12-15,18-20H2,(H,34,40)(H,38,39)/b5-1+/t23-,25+,28?,32-/m0/s1. The predicted molar refractivity (Wildman–Crippen MR) is 166 cm³/mol. The summed E-state index contributed by atoms with van der Waals surface area (Å²) in [5.74, 6) is -1.08. The number of benzene rings is 2. The van der Waals surface area contributed by atoms with Gasteiger partial charge in [-0.1, -0.05) is 29.8 Å². The third kappa shape index (κ3) is 6.20. The maximum Gasteiger partial charge on any atom is 0.304 e. The van der Waals surface area contributed by atoms with Crippen molar-refractivity contribution in [3.63, 3.8) is 0 Å². The zero-order valence-corrected chi connectivity index (χ0v) is 26.0. The Hall–Kier alpha value is -3.12. The Kier molecular flexibility index (Phi) is 8.67. The molecule has 4 aliphatic rings. The second-order valence-electron chi connectivity index (χ2n) is 12.5. The number of nitrogens with zero attached hydrogens (tertiary/aromatic N) is 2. The number of carboxylic acid groups (broad SMARTS) is 1. The average molecular weight is 644 g/mol. The third-order valence-electron chi connectivity index (χ3n) is 9.68. The summed E-state index contributed by atoms with van der Waals surface area (Å²) >= 11 is 6.37. The molecule has 10 nitrogen and oxygen atoms in total. The molecule has 2 aliphatic heterocycles. The molecule has 2 aromatic rings. The summed E-state index contributed by atoms with van der Waals surface area (Å²) in [5, 5.41) is 21.0. The van der Waals surface area contributed by atoms with E-state index in [-0.39, 0.29) is 42.3 Å². The van der Waals surface area contributed by atoms with Gasteiger partial charge in [0.25, 0.3) is 5.91 Å². The minimum Gasteiger partial charge on any atom is -0.490 e. The van der Waals surface area contributed by atoms with E-state index in [1.807, 2.05) is 12.1 Å². The van der Waals surface area contributed by atoms with E-state index in [0.717, 1.165) is 36.4 Å². The van der Waals surface area contributed by atoms with E-state index < -0.39 is 34.6 Å². The lowest BCUT2D eigenvalue weighted by atomic mass is 9.68. The summed E-state index contributed by atoms with van der Waals surface area (Å²) in [7, 11) is -4.35. The highest BCUT2D eigenvalue weighted by Crippen LogP contribution is 2.46. The molecular formula is C32H38ClN3O7S. The number of fused-ring (bicyclic) bond motifs is 4. The zero-order valence-electron chi connectivity index (χ0n) is 24.5. The number of carbonyl (C=O) groups excluding carboxylic acids is 1. The molecule has 2 aliphatic carbocycles. The van der Waals surface area contributed by atoms with Crippen LogP contribution in [0.25, 0.3) is 0 Å². The molecule has 6 rings (SSSR count). The van der Waals surface area contributed by atoms with Crippen LogP contribution in [0.1, 0.15) is 60.0 Å². The summed E-state index contributed by atoms with van der Waals surface area (Å²) in [6.07, 6.45) is 7.29. The third-order valence-corrected chi connectivity index (χ3v) is 11.4. The fourth-order valence-corrected chi connectivity index (χ4v) is 8.57. The van der Waals surface area contributed by atoms with Crippen molar-refractivity contribution >= 4 is 39.4 Å². The maximum absolute atomic E-state index is 13.4. The van der Waals surface area contributed by atoms with Crippen molar-refractivity contribution < 1.29 is 33.0 Å². The van der Waals surface area contributed by atoms with Gasteiger partial charge in [0.05, 0.1) is 24.8 Å². The lowest BCUT2D eigenvalue weighted by Crippen LogP contribution is -2.49. The van der Waals surface area contributed by atoms with Gasteiger partial charge in [-0.3, -0.25) is 9.59 Å². The molecule has 2 bridgehead atoms. The van der Waals surface area contributed by atoms with Crippen LogP contribution in [-0.4, -0.2) is 73.7 Å². The van der Waals surface area contributed by atoms with Crippen LogP contribution in [0.5, 0.6) is 5.75 Å². The highest BCUT2D eigenvalue weighted by molar-refractivity contribution is 7.87. The van der Waals surface area contributed by atoms with Crippen LogP contribution in [0, 0.1) is 11.8 Å². The number of ether oxygens (including phenoxy) is 1. The van der Waals surface area contributed by atoms with E-state index in [1.165, 1.54) is 11.1 Å². The van der Waals surface area contributed by atoms with E-state index in [1.54, 1.807) is 30.4 Å². The van der Waals surface area contributed by atoms with Crippen LogP contribution in [0.4, 0.5) is 5.69 Å². The summed E-state index contributed by atoms with van der Waals surface area (Å²) in [6.45, 7) is 1.41. The Morgan fingerprint density at radius 1 is 1.18 bits per heavy atom. The topological polar surface area (TPSA) is 136 Å². The molecule has 4 atom stereocenters. The van der Waals surface area contributed by atoms with Crippen molar-refractivity contribution in [2.45, 2.75) is 56.5 Å². The average Bonchev–Trinajstić information content (AvgIpc) is 3.10. The molecule has 2 heterocycles. The predicted octanol–water partition coefficient (Wildman–Crippen LogP) is 3.91. The fraction of sp³-hybridized carbons (Fsp3) is 0.500. The molecule has 2 aromatic carbocycles. The molecule has 0 aromatic heterocycles. The van der Waals surface area contributed by atoms with E-state index >= 15 is 0 Å². The molecule has 1 unspecified atom stereocenters. The Morgan fingerprint density at radius 3 is 2.80 bits per heavy atom. The molecule has 0 radical (unpaired) electrons. The normalized spacial score (nSPS) is 29.3. The van der Waals surface area contributed by atoms with Gasteiger partial charge in [0.15, 0.2) is 0 Å². The van der Waals surface area contributed by atoms with Crippen molar-refractivity contribution in [1.82, 2.24) is 9.03 Å². The van der Waals surface area contributed by atoms with Gasteiger partial charge in [-0.2, -0.15) is 12.7 Å². The van der Waals surface area contributed by atoms with Gasteiger partial charge in [0, 0.05) is 42.2 Å². The summed E-state index contributed by atoms with van der Waals surface area (Å²) in [5.41, 5.74) is 2.98. The highest BCUT2D eigenvalue weighted by atomic mass is 35.5. The lowest BCUT2D eigenvalue weighted by molar-refractivity contribution is -0.137. The van der Waals surface area contributed by atoms with E-state index in [2.05, 4.69) is 15.7 Å². The minimum atomic E-state index is -4.35. The first-order valence-electron chi connectivity index (χ1n) is 15.2. The Bertz CT molecular complexity index is 1580. The minimum absolute atomic E-state index is 0.0339. The number of nitrogens with one attached hydrogen (secondary N) is 1. The van der Waals surface area contributed by atoms with Crippen LogP contribution in [-0.2, 0) is 26.8 Å². The van der Waals surface area contributed by atoms with E-state index in [4.69, 9.17) is 16.3 Å². The molecule has 1 amide bonds. The van der Waals surface area contributed by atoms with Crippen LogP contribution in [0.2, 0.25) is 5.02 Å². The second-order valence-corrected chi connectivity index (χ2v) is 14.6. The van der Waals surface area contributed by atoms with E-state index in [0.29, 0.717) is 36.2 Å². The molecule has 1 saturated carbocycles. The van der Waals surface area contributed by atoms with Crippen LogP contribution < -0.4 is 14.4 Å². The first kappa shape index (κ1) is 30.9. The molecule has 3 N–H and O–H groups in total. The number of halogens is 1. The second kappa shape index (κ2) is 12.3. The van der Waals surface area contributed by atoms with Gasteiger partial charge in [-0.05, 0) is 91.8 Å². The fourth-order valence-electron chi connectivity index (χ4n) is 7.22. The number of anilines is 1. The van der Waals surface area contributed by atoms with Crippen LogP contribution in [0.15, 0.2) is 48.6 Å². The quantitative estimate of drug-likeness (QED) is 0.429. The van der Waals surface area contributed by atoms with E-state index in [9.17, 15) is 28.2 Å². The number of aliphatic hydroxyl groups excluding tert-OH is 1. The van der Waals surface area contributed by atoms with Gasteiger partial charge >= 0.3 is 16.2 Å². The largest absolute Gasteiger partial charge is 0.490 e. The summed E-state index contributed by atoms with van der Waals surface area (Å²) in [6, 6.07) is 11.0. The first-order chi connectivity index (χ1) is 21.0. The molecule has 44 heavy (non-hydrogen) atoms. The number of amides is 1. The molecule has 0 saturated heterocycles. The van der Waals surface area contributed by atoms with Gasteiger partial charge in [0.1, 0.15) is 5.75 Å². The Balaban J connectivity index is 1.39. The van der Waals surface area contributed by atoms with Crippen LogP contribution in [0.3, 0.4) is 0 Å². The molecule has 1 fully saturated rings. The number of aryl methyl sites for hydroxylation is 1. The molecule has 236 valence electrons. The van der Waals surface area contributed by atoms with Crippen LogP contribution >= 0.6 is 11.6 Å². The number of rotatable bonds is 3.